The zero-order valence-electron chi connectivity index (χ0n) is 40.0. The Morgan fingerprint density at radius 2 is 1.32 bits per heavy atom. The van der Waals surface area contributed by atoms with E-state index in [0.29, 0.717) is 44.9 Å². The number of carboxylic acid groups (broad SMARTS) is 1. The van der Waals surface area contributed by atoms with Crippen LogP contribution in [0, 0.1) is 44.8 Å². The number of aliphatic hydroxyl groups excluding tert-OH is 12. The van der Waals surface area contributed by atoms with Gasteiger partial charge in [0.1, 0.15) is 78.7 Å². The zero-order chi connectivity index (χ0) is 50.9. The van der Waals surface area contributed by atoms with Gasteiger partial charge in [0.15, 0.2) is 12.6 Å². The number of esters is 1. The van der Waals surface area contributed by atoms with Gasteiger partial charge in [0, 0.05) is 12.2 Å². The van der Waals surface area contributed by atoms with E-state index in [-0.39, 0.29) is 42.3 Å². The maximum atomic E-state index is 15.3. The molecule has 0 bridgehead atoms. The lowest BCUT2D eigenvalue weighted by Gasteiger charge is -2.69. The second kappa shape index (κ2) is 20.2. The summed E-state index contributed by atoms with van der Waals surface area (Å²) in [7, 11) is 0. The molecule has 394 valence electrons. The molecule has 7 rings (SSSR count). The SMILES string of the molecule is C=C(C(=O)O)[C@@H]1CC[C@]2(C)[C@H](CC=C3[C@@H]4CC(C)(C)CC[C@]4(C(=O)O[C@@H]4O[C@H](CO[C@@H]5O[C@H](CO)[C@@H](O)[C@H](O)[C@H]5O)[C@@H](O)[C@H](O[C@@H]5O[C@H](CO)[C@@H](O)[C@H](O)[C@H]5O)[C@H]4O)[C@H](O)C[C@]32C)[C@@]1(C)CCCO. The summed E-state index contributed by atoms with van der Waals surface area (Å²) in [6.07, 6.45) is -22.4. The fraction of sp³-hybridized carbons (Fsp3) is 0.875. The number of fused-ring (bicyclic) bond motifs is 5. The highest BCUT2D eigenvalue weighted by molar-refractivity contribution is 5.86. The van der Waals surface area contributed by atoms with Crippen molar-refractivity contribution in [3.05, 3.63) is 23.8 Å². The molecule has 23 atom stereocenters. The minimum Gasteiger partial charge on any atom is -0.478 e. The summed E-state index contributed by atoms with van der Waals surface area (Å²) in [6.45, 7) is 12.1. The van der Waals surface area contributed by atoms with Gasteiger partial charge in [-0.2, -0.15) is 0 Å². The molecule has 13 N–H and O–H groups in total. The minimum absolute atomic E-state index is 0.0742. The number of aliphatic carboxylic acids is 1. The molecule has 4 aliphatic carbocycles. The first-order valence-corrected chi connectivity index (χ1v) is 24.3. The Balaban J connectivity index is 1.22. The number of hydrogen-bond donors (Lipinski definition) is 13. The van der Waals surface area contributed by atoms with Crippen molar-refractivity contribution in [1.82, 2.24) is 0 Å². The number of carbonyl (C=O) groups excluding carboxylic acids is 1. The van der Waals surface area contributed by atoms with Gasteiger partial charge in [-0.25, -0.2) is 4.79 Å². The van der Waals surface area contributed by atoms with Crippen molar-refractivity contribution in [3.63, 3.8) is 0 Å². The third kappa shape index (κ3) is 9.16. The summed E-state index contributed by atoms with van der Waals surface area (Å²) < 4.78 is 34.8. The molecule has 0 aromatic rings. The van der Waals surface area contributed by atoms with Crippen LogP contribution in [0.15, 0.2) is 23.8 Å². The molecule has 0 unspecified atom stereocenters. The number of aliphatic hydroxyl groups is 12. The number of hydrogen-bond acceptors (Lipinski definition) is 20. The summed E-state index contributed by atoms with van der Waals surface area (Å²) in [5.41, 5.74) is -2.65. The second-order valence-electron chi connectivity index (χ2n) is 22.4. The van der Waals surface area contributed by atoms with E-state index in [2.05, 4.69) is 47.3 Å². The number of carbonyl (C=O) groups is 2. The van der Waals surface area contributed by atoms with Gasteiger partial charge in [0.25, 0.3) is 0 Å². The van der Waals surface area contributed by atoms with Gasteiger partial charge in [0.2, 0.25) is 6.29 Å². The van der Waals surface area contributed by atoms with E-state index in [1.807, 2.05) is 0 Å². The van der Waals surface area contributed by atoms with Crippen LogP contribution in [-0.2, 0) is 38.0 Å². The van der Waals surface area contributed by atoms with Gasteiger partial charge in [-0.3, -0.25) is 4.79 Å². The maximum Gasteiger partial charge on any atom is 0.331 e. The first kappa shape index (κ1) is 54.5. The molecule has 0 spiro atoms. The van der Waals surface area contributed by atoms with E-state index in [4.69, 9.17) is 28.4 Å². The first-order chi connectivity index (χ1) is 32.3. The molecule has 21 heteroatoms. The van der Waals surface area contributed by atoms with Crippen molar-refractivity contribution in [2.45, 2.75) is 191 Å². The van der Waals surface area contributed by atoms with Crippen LogP contribution >= 0.6 is 0 Å². The van der Waals surface area contributed by atoms with Gasteiger partial charge in [-0.05, 0) is 97.2 Å². The van der Waals surface area contributed by atoms with Gasteiger partial charge >= 0.3 is 11.9 Å². The lowest BCUT2D eigenvalue weighted by molar-refractivity contribution is -0.363. The molecule has 21 nitrogen and oxygen atoms in total. The maximum absolute atomic E-state index is 15.3. The fourth-order valence-electron chi connectivity index (χ4n) is 13.9. The van der Waals surface area contributed by atoms with E-state index in [1.165, 1.54) is 0 Å². The predicted molar refractivity (Wildman–Crippen MR) is 236 cm³/mol. The number of allylic oxidation sites excluding steroid dienone is 2. The molecule has 3 aliphatic heterocycles. The Labute approximate surface area is 401 Å². The Morgan fingerprint density at radius 3 is 1.91 bits per heavy atom. The number of carboxylic acids is 1. The van der Waals surface area contributed by atoms with Crippen molar-refractivity contribution in [3.8, 4) is 0 Å². The largest absolute Gasteiger partial charge is 0.478 e. The lowest BCUT2D eigenvalue weighted by atomic mass is 9.35. The highest BCUT2D eigenvalue weighted by atomic mass is 16.8. The van der Waals surface area contributed by atoms with Crippen molar-refractivity contribution in [1.29, 1.82) is 0 Å². The first-order valence-electron chi connectivity index (χ1n) is 24.3. The highest BCUT2D eigenvalue weighted by Gasteiger charge is 2.71. The van der Waals surface area contributed by atoms with Crippen molar-refractivity contribution >= 4 is 11.9 Å². The summed E-state index contributed by atoms with van der Waals surface area (Å²) in [4.78, 5) is 27.7. The van der Waals surface area contributed by atoms with Crippen LogP contribution in [0.25, 0.3) is 0 Å². The van der Waals surface area contributed by atoms with Crippen molar-refractivity contribution < 1.29 is 104 Å². The van der Waals surface area contributed by atoms with Crippen molar-refractivity contribution in [2.24, 2.45) is 44.8 Å². The Bertz CT molecular complexity index is 1890. The number of rotatable bonds is 14. The van der Waals surface area contributed by atoms with Crippen LogP contribution < -0.4 is 0 Å². The smallest absolute Gasteiger partial charge is 0.331 e. The van der Waals surface area contributed by atoms with E-state index in [1.54, 1.807) is 0 Å². The summed E-state index contributed by atoms with van der Waals surface area (Å²) in [6, 6.07) is 0. The third-order valence-electron chi connectivity index (χ3n) is 18.2. The van der Waals surface area contributed by atoms with Gasteiger partial charge in [-0.1, -0.05) is 52.8 Å². The van der Waals surface area contributed by atoms with E-state index < -0.39 is 158 Å². The van der Waals surface area contributed by atoms with Crippen LogP contribution in [-0.4, -0.2) is 203 Å². The summed E-state index contributed by atoms with van der Waals surface area (Å²) in [5.74, 6) is -3.06. The normalized spacial score (nSPS) is 49.6. The van der Waals surface area contributed by atoms with E-state index in [0.717, 1.165) is 5.57 Å². The van der Waals surface area contributed by atoms with E-state index >= 15 is 4.79 Å². The molecular formula is C48H76O21. The topological polar surface area (TPSA) is 353 Å². The van der Waals surface area contributed by atoms with Crippen LogP contribution in [0.5, 0.6) is 0 Å². The molecule has 0 amide bonds. The van der Waals surface area contributed by atoms with Crippen LogP contribution in [0.3, 0.4) is 0 Å². The molecular weight excluding hydrogens is 913 g/mol. The molecule has 6 fully saturated rings. The summed E-state index contributed by atoms with van der Waals surface area (Å²) >= 11 is 0. The average molecular weight is 989 g/mol. The van der Waals surface area contributed by atoms with Gasteiger partial charge in [0.05, 0.1) is 25.9 Å². The summed E-state index contributed by atoms with van der Waals surface area (Å²) in [5, 5.41) is 139. The molecule has 3 heterocycles. The van der Waals surface area contributed by atoms with Crippen LogP contribution in [0.4, 0.5) is 0 Å². The highest BCUT2D eigenvalue weighted by Crippen LogP contribution is 2.74. The van der Waals surface area contributed by atoms with Gasteiger partial charge < -0.3 is 94.8 Å². The molecule has 3 saturated carbocycles. The monoisotopic (exact) mass is 988 g/mol. The Kier molecular flexibility index (Phi) is 16.0. The molecule has 3 saturated heterocycles. The zero-order valence-corrected chi connectivity index (χ0v) is 40.0. The lowest BCUT2D eigenvalue weighted by Crippen LogP contribution is -2.67. The average Bonchev–Trinajstić information content (AvgIpc) is 3.29. The number of ether oxygens (including phenoxy) is 6. The second-order valence-corrected chi connectivity index (χ2v) is 22.4. The molecule has 0 aromatic carbocycles. The standard InChI is InChI=1S/C48H76O21/c1-21(39(61)62)22-10-12-46(5)28(45(22,4)11-7-15-49)9-8-23-24-16-44(2,3)13-14-48(24,29(52)17-47(23,46)6)43(63)69-42-37(60)38(68-41-36(59)34(57)31(54)26(19-51)66-41)32(55)27(67-42)20-64-40-35(58)33(56)30(53)25(18-50)65-40/h8,22,24-38,40-42,49-60H,1,7,9-20H2,2-6H3,(H,61,62)/t22-,24-,25+,26+,27+,28+,29+,30+,31+,32+,33-,34-,35+,36+,37+,38-,40+,41-,42-,45-,46+,47+,48+/m0/s1. The molecule has 69 heavy (non-hydrogen) atoms. The third-order valence-corrected chi connectivity index (χ3v) is 18.2. The van der Waals surface area contributed by atoms with Crippen LogP contribution in [0.2, 0.25) is 0 Å². The molecule has 0 aromatic heterocycles. The van der Waals surface area contributed by atoms with E-state index in [9.17, 15) is 71.2 Å². The Hall–Kier alpha value is -2.26. The predicted octanol–water partition coefficient (Wildman–Crippen LogP) is -1.66. The van der Waals surface area contributed by atoms with Gasteiger partial charge in [-0.15, -0.1) is 0 Å². The Morgan fingerprint density at radius 1 is 0.725 bits per heavy atom. The van der Waals surface area contributed by atoms with Crippen LogP contribution in [0.1, 0.15) is 92.4 Å². The molecule has 0 radical (unpaired) electrons. The fourth-order valence-corrected chi connectivity index (χ4v) is 13.9. The quantitative estimate of drug-likeness (QED) is 0.0526. The minimum atomic E-state index is -2.08. The molecule has 7 aliphatic rings. The van der Waals surface area contributed by atoms with Crippen molar-refractivity contribution in [2.75, 3.05) is 26.4 Å².